The van der Waals surface area contributed by atoms with Crippen molar-refractivity contribution in [2.24, 2.45) is 5.73 Å². The average Bonchev–Trinajstić information content (AvgIpc) is 2.32. The molecule has 1 atom stereocenters. The second kappa shape index (κ2) is 5.16. The van der Waals surface area contributed by atoms with Crippen molar-refractivity contribution in [3.05, 3.63) is 69.2 Å². The molecule has 0 fully saturated rings. The Hall–Kier alpha value is -1.26. The summed E-state index contributed by atoms with van der Waals surface area (Å²) in [7, 11) is 0. The summed E-state index contributed by atoms with van der Waals surface area (Å²) in [5.74, 6) is -0.669. The molecule has 0 saturated carbocycles. The molecule has 0 bridgehead atoms. The summed E-state index contributed by atoms with van der Waals surface area (Å²) in [6, 6.07) is 8.63. The molecule has 2 aromatic carbocycles. The fraction of sp³-hybridized carbons (Fsp3) is 0.143. The number of benzene rings is 2. The average molecular weight is 312 g/mol. The predicted octanol–water partition coefficient (Wildman–Crippen LogP) is 4.08. The van der Waals surface area contributed by atoms with Gasteiger partial charge in [0.1, 0.15) is 11.6 Å². The van der Waals surface area contributed by atoms with Crippen LogP contribution in [0, 0.1) is 18.6 Å². The molecule has 0 aromatic heterocycles. The van der Waals surface area contributed by atoms with Crippen molar-refractivity contribution in [2.75, 3.05) is 0 Å². The lowest BCUT2D eigenvalue weighted by atomic mass is 9.97. The van der Waals surface area contributed by atoms with Crippen molar-refractivity contribution in [1.29, 1.82) is 0 Å². The molecule has 2 N–H and O–H groups in total. The minimum absolute atomic E-state index is 0.293. The minimum Gasteiger partial charge on any atom is -0.320 e. The number of aryl methyl sites for hydroxylation is 1. The van der Waals surface area contributed by atoms with Gasteiger partial charge in [-0.1, -0.05) is 34.1 Å². The van der Waals surface area contributed by atoms with Gasteiger partial charge in [0.15, 0.2) is 0 Å². The highest BCUT2D eigenvalue weighted by atomic mass is 79.9. The Morgan fingerprint density at radius 1 is 1.11 bits per heavy atom. The molecule has 0 aliphatic rings. The van der Waals surface area contributed by atoms with Gasteiger partial charge in [0.05, 0.1) is 6.04 Å². The van der Waals surface area contributed by atoms with Crippen LogP contribution in [0.25, 0.3) is 0 Å². The molecule has 0 heterocycles. The Morgan fingerprint density at radius 3 is 2.44 bits per heavy atom. The predicted molar refractivity (Wildman–Crippen MR) is 71.3 cm³/mol. The summed E-state index contributed by atoms with van der Waals surface area (Å²) < 4.78 is 27.6. The molecule has 4 heteroatoms. The first-order chi connectivity index (χ1) is 8.50. The minimum atomic E-state index is -0.625. The van der Waals surface area contributed by atoms with E-state index in [4.69, 9.17) is 5.73 Å². The van der Waals surface area contributed by atoms with Crippen LogP contribution in [0.2, 0.25) is 0 Å². The monoisotopic (exact) mass is 311 g/mol. The fourth-order valence-electron chi connectivity index (χ4n) is 1.84. The van der Waals surface area contributed by atoms with E-state index in [-0.39, 0.29) is 11.6 Å². The standard InChI is InChI=1S/C14H12BrF2N/c1-8-7-9(5-6-11(8)16)14(18)13-10(15)3-2-4-12(13)17/h2-7,14H,18H2,1H3. The van der Waals surface area contributed by atoms with Gasteiger partial charge in [-0.15, -0.1) is 0 Å². The van der Waals surface area contributed by atoms with Gasteiger partial charge in [0.25, 0.3) is 0 Å². The molecule has 1 unspecified atom stereocenters. The van der Waals surface area contributed by atoms with Crippen LogP contribution in [0.4, 0.5) is 8.78 Å². The van der Waals surface area contributed by atoms with Crippen LogP contribution in [0.5, 0.6) is 0 Å². The molecule has 0 aliphatic carbocycles. The van der Waals surface area contributed by atoms with Crippen molar-refractivity contribution in [3.8, 4) is 0 Å². The zero-order valence-electron chi connectivity index (χ0n) is 9.75. The van der Waals surface area contributed by atoms with E-state index in [1.807, 2.05) is 0 Å². The van der Waals surface area contributed by atoms with E-state index >= 15 is 0 Å². The molecular formula is C14H12BrF2N. The number of nitrogens with two attached hydrogens (primary N) is 1. The van der Waals surface area contributed by atoms with Gasteiger partial charge in [0, 0.05) is 10.0 Å². The zero-order valence-corrected chi connectivity index (χ0v) is 11.3. The van der Waals surface area contributed by atoms with E-state index in [0.29, 0.717) is 21.2 Å². The lowest BCUT2D eigenvalue weighted by molar-refractivity contribution is 0.596. The second-order valence-corrected chi connectivity index (χ2v) is 4.98. The summed E-state index contributed by atoms with van der Waals surface area (Å²) in [4.78, 5) is 0. The van der Waals surface area contributed by atoms with E-state index in [0.717, 1.165) is 0 Å². The SMILES string of the molecule is Cc1cc(C(N)c2c(F)cccc2Br)ccc1F. The van der Waals surface area contributed by atoms with Crippen LogP contribution in [0.3, 0.4) is 0 Å². The van der Waals surface area contributed by atoms with Gasteiger partial charge in [-0.2, -0.15) is 0 Å². The smallest absolute Gasteiger partial charge is 0.129 e. The molecule has 0 saturated heterocycles. The second-order valence-electron chi connectivity index (χ2n) is 4.12. The van der Waals surface area contributed by atoms with Gasteiger partial charge >= 0.3 is 0 Å². The molecule has 0 amide bonds. The van der Waals surface area contributed by atoms with Crippen LogP contribution in [0.15, 0.2) is 40.9 Å². The summed E-state index contributed by atoms with van der Waals surface area (Å²) in [5.41, 5.74) is 7.60. The fourth-order valence-corrected chi connectivity index (χ4v) is 2.42. The Balaban J connectivity index is 2.48. The highest BCUT2D eigenvalue weighted by Crippen LogP contribution is 2.29. The van der Waals surface area contributed by atoms with E-state index in [1.165, 1.54) is 12.1 Å². The Kier molecular flexibility index (Phi) is 3.78. The van der Waals surface area contributed by atoms with E-state index < -0.39 is 6.04 Å². The lowest BCUT2D eigenvalue weighted by Crippen LogP contribution is -2.14. The maximum absolute atomic E-state index is 13.8. The summed E-state index contributed by atoms with van der Waals surface area (Å²) in [5, 5.41) is 0. The van der Waals surface area contributed by atoms with Gasteiger partial charge in [-0.25, -0.2) is 8.78 Å². The molecule has 94 valence electrons. The molecule has 1 nitrogen and oxygen atoms in total. The maximum Gasteiger partial charge on any atom is 0.129 e. The highest BCUT2D eigenvalue weighted by molar-refractivity contribution is 9.10. The maximum atomic E-state index is 13.8. The van der Waals surface area contributed by atoms with E-state index in [2.05, 4.69) is 15.9 Å². The first-order valence-electron chi connectivity index (χ1n) is 5.46. The normalized spacial score (nSPS) is 12.5. The molecule has 0 spiro atoms. The Bertz CT molecular complexity index is 564. The quantitative estimate of drug-likeness (QED) is 0.888. The van der Waals surface area contributed by atoms with Gasteiger partial charge < -0.3 is 5.73 Å². The van der Waals surface area contributed by atoms with Gasteiger partial charge in [0.2, 0.25) is 0 Å². The highest BCUT2D eigenvalue weighted by Gasteiger charge is 2.17. The Labute approximate surface area is 113 Å². The molecule has 2 aromatic rings. The number of hydrogen-bond acceptors (Lipinski definition) is 1. The molecule has 18 heavy (non-hydrogen) atoms. The molecule has 0 radical (unpaired) electrons. The summed E-state index contributed by atoms with van der Waals surface area (Å²) >= 11 is 3.28. The van der Waals surface area contributed by atoms with Crippen LogP contribution in [-0.2, 0) is 0 Å². The largest absolute Gasteiger partial charge is 0.320 e. The van der Waals surface area contributed by atoms with Crippen LogP contribution < -0.4 is 5.73 Å². The van der Waals surface area contributed by atoms with Crippen molar-refractivity contribution < 1.29 is 8.78 Å². The van der Waals surface area contributed by atoms with Crippen molar-refractivity contribution in [3.63, 3.8) is 0 Å². The first-order valence-corrected chi connectivity index (χ1v) is 6.25. The Morgan fingerprint density at radius 2 is 1.83 bits per heavy atom. The van der Waals surface area contributed by atoms with Gasteiger partial charge in [-0.3, -0.25) is 0 Å². The van der Waals surface area contributed by atoms with E-state index in [9.17, 15) is 8.78 Å². The van der Waals surface area contributed by atoms with Crippen LogP contribution in [0.1, 0.15) is 22.7 Å². The van der Waals surface area contributed by atoms with Crippen LogP contribution in [-0.4, -0.2) is 0 Å². The molecular weight excluding hydrogens is 300 g/mol. The summed E-state index contributed by atoms with van der Waals surface area (Å²) in [6.07, 6.45) is 0. The third-order valence-corrected chi connectivity index (χ3v) is 3.54. The topological polar surface area (TPSA) is 26.0 Å². The lowest BCUT2D eigenvalue weighted by Gasteiger charge is -2.16. The van der Waals surface area contributed by atoms with Gasteiger partial charge in [-0.05, 0) is 36.2 Å². The number of halogens is 3. The van der Waals surface area contributed by atoms with Crippen molar-refractivity contribution >= 4 is 15.9 Å². The summed E-state index contributed by atoms with van der Waals surface area (Å²) in [6.45, 7) is 1.65. The molecule has 2 rings (SSSR count). The third kappa shape index (κ3) is 2.44. The number of hydrogen-bond donors (Lipinski definition) is 1. The first kappa shape index (κ1) is 13.2. The third-order valence-electron chi connectivity index (χ3n) is 2.85. The van der Waals surface area contributed by atoms with Crippen molar-refractivity contribution in [1.82, 2.24) is 0 Å². The zero-order chi connectivity index (χ0) is 13.3. The van der Waals surface area contributed by atoms with Crippen molar-refractivity contribution in [2.45, 2.75) is 13.0 Å². The molecule has 0 aliphatic heterocycles. The number of rotatable bonds is 2. The van der Waals surface area contributed by atoms with E-state index in [1.54, 1.807) is 31.2 Å². The van der Waals surface area contributed by atoms with Crippen LogP contribution >= 0.6 is 15.9 Å².